The summed E-state index contributed by atoms with van der Waals surface area (Å²) < 4.78 is 0. The van der Waals surface area contributed by atoms with Crippen LogP contribution in [-0.2, 0) is 14.4 Å². The van der Waals surface area contributed by atoms with E-state index < -0.39 is 23.3 Å². The Morgan fingerprint density at radius 1 is 1.36 bits per heavy atom. The van der Waals surface area contributed by atoms with Crippen LogP contribution in [0.1, 0.15) is 0 Å². The minimum absolute atomic E-state index is 0.175. The van der Waals surface area contributed by atoms with Crippen molar-refractivity contribution in [1.29, 1.82) is 0 Å². The lowest BCUT2D eigenvalue weighted by Gasteiger charge is -2.44. The van der Waals surface area contributed by atoms with Crippen molar-refractivity contribution < 1.29 is 24.8 Å². The third-order valence-corrected chi connectivity index (χ3v) is 2.58. The molecule has 0 saturated carbocycles. The lowest BCUT2D eigenvalue weighted by molar-refractivity contribution is -0.728. The van der Waals surface area contributed by atoms with Gasteiger partial charge in [-0.15, -0.1) is 0 Å². The van der Waals surface area contributed by atoms with E-state index in [0.717, 1.165) is 17.1 Å². The summed E-state index contributed by atoms with van der Waals surface area (Å²) in [5.41, 5.74) is -1.43. The van der Waals surface area contributed by atoms with Crippen LogP contribution in [0.4, 0.5) is 0 Å². The standard InChI is InChI=1S/C8H8N2O4/c11-5-1-2-6(12)10(5)8(7(13)14)3-9-4-8/h1-2,9H,3-4H2,(H,13,14). The highest BCUT2D eigenvalue weighted by Gasteiger charge is 2.54. The van der Waals surface area contributed by atoms with Crippen LogP contribution in [0.25, 0.3) is 0 Å². The molecule has 0 unspecified atom stereocenters. The molecular formula is C8H8N2O4. The Morgan fingerprint density at radius 3 is 2.14 bits per heavy atom. The van der Waals surface area contributed by atoms with E-state index in [9.17, 15) is 19.5 Å². The van der Waals surface area contributed by atoms with Crippen LogP contribution in [0, 0.1) is 0 Å². The number of carbonyl (C=O) groups excluding carboxylic acids is 3. The molecule has 0 aromatic carbocycles. The molecule has 74 valence electrons. The first-order valence-electron chi connectivity index (χ1n) is 4.17. The van der Waals surface area contributed by atoms with Gasteiger partial charge >= 0.3 is 0 Å². The van der Waals surface area contributed by atoms with Gasteiger partial charge in [0.25, 0.3) is 11.8 Å². The zero-order valence-electron chi connectivity index (χ0n) is 7.23. The summed E-state index contributed by atoms with van der Waals surface area (Å²) in [6.45, 7) is 0.350. The van der Waals surface area contributed by atoms with Gasteiger partial charge in [-0.2, -0.15) is 0 Å². The average Bonchev–Trinajstić information content (AvgIpc) is 2.33. The second kappa shape index (κ2) is 2.65. The van der Waals surface area contributed by atoms with Crippen molar-refractivity contribution in [3.8, 4) is 0 Å². The number of hydrogen-bond acceptors (Lipinski definition) is 4. The molecule has 2 aliphatic heterocycles. The van der Waals surface area contributed by atoms with Crippen molar-refractivity contribution in [1.82, 2.24) is 4.90 Å². The number of carbonyl (C=O) groups is 3. The summed E-state index contributed by atoms with van der Waals surface area (Å²) in [6, 6.07) is 0. The van der Waals surface area contributed by atoms with E-state index in [1.807, 2.05) is 0 Å². The van der Waals surface area contributed by atoms with Gasteiger partial charge in [0.1, 0.15) is 13.1 Å². The molecule has 0 spiro atoms. The molecule has 0 aromatic rings. The van der Waals surface area contributed by atoms with Crippen molar-refractivity contribution >= 4 is 17.8 Å². The molecule has 2 heterocycles. The Bertz CT molecular complexity index is 338. The summed E-state index contributed by atoms with van der Waals surface area (Å²) in [6.07, 6.45) is 2.15. The summed E-state index contributed by atoms with van der Waals surface area (Å²) in [7, 11) is 0. The molecule has 6 nitrogen and oxygen atoms in total. The highest BCUT2D eigenvalue weighted by molar-refractivity contribution is 6.15. The van der Waals surface area contributed by atoms with Gasteiger partial charge < -0.3 is 15.2 Å². The Kier molecular flexibility index (Phi) is 1.68. The smallest absolute Gasteiger partial charge is 0.254 e. The second-order valence-electron chi connectivity index (χ2n) is 3.36. The first-order valence-corrected chi connectivity index (χ1v) is 4.17. The molecule has 0 radical (unpaired) electrons. The van der Waals surface area contributed by atoms with E-state index in [0.29, 0.717) is 0 Å². The maximum atomic E-state index is 11.2. The van der Waals surface area contributed by atoms with Crippen LogP contribution in [0.15, 0.2) is 12.2 Å². The number of carboxylic acids is 1. The Morgan fingerprint density at radius 2 is 1.86 bits per heavy atom. The number of nitrogens with two attached hydrogens (primary N) is 1. The molecule has 2 N–H and O–H groups in total. The van der Waals surface area contributed by atoms with Crippen molar-refractivity contribution in [2.45, 2.75) is 5.54 Å². The lowest BCUT2D eigenvalue weighted by Crippen LogP contribution is -3.07. The van der Waals surface area contributed by atoms with Crippen LogP contribution >= 0.6 is 0 Å². The third kappa shape index (κ3) is 0.912. The molecule has 14 heavy (non-hydrogen) atoms. The number of quaternary nitrogens is 1. The quantitative estimate of drug-likeness (QED) is 0.455. The Hall–Kier alpha value is -1.69. The number of rotatable bonds is 2. The zero-order chi connectivity index (χ0) is 10.3. The van der Waals surface area contributed by atoms with E-state index >= 15 is 0 Å². The first-order chi connectivity index (χ1) is 6.58. The van der Waals surface area contributed by atoms with Crippen molar-refractivity contribution in [3.05, 3.63) is 12.2 Å². The minimum atomic E-state index is -1.43. The summed E-state index contributed by atoms with van der Waals surface area (Å²) in [5, 5.41) is 12.6. The van der Waals surface area contributed by atoms with Crippen LogP contribution in [0.2, 0.25) is 0 Å². The second-order valence-corrected chi connectivity index (χ2v) is 3.36. The summed E-state index contributed by atoms with van der Waals surface area (Å²) >= 11 is 0. The van der Waals surface area contributed by atoms with Crippen molar-refractivity contribution in [2.75, 3.05) is 13.1 Å². The highest BCUT2D eigenvalue weighted by Crippen LogP contribution is 2.20. The maximum Gasteiger partial charge on any atom is 0.254 e. The molecule has 0 aliphatic carbocycles. The fourth-order valence-electron chi connectivity index (χ4n) is 1.68. The molecule has 0 atom stereocenters. The fraction of sp³-hybridized carbons (Fsp3) is 0.375. The molecule has 2 amide bonds. The molecule has 2 aliphatic rings. The first kappa shape index (κ1) is 8.89. The predicted molar refractivity (Wildman–Crippen MR) is 40.4 cm³/mol. The SMILES string of the molecule is O=C1C=CC(=O)N1C1(C(=O)[O-])C[NH2+]C1. The maximum absolute atomic E-state index is 11.2. The zero-order valence-corrected chi connectivity index (χ0v) is 7.23. The van der Waals surface area contributed by atoms with Gasteiger partial charge in [-0.05, 0) is 0 Å². The molecule has 6 heteroatoms. The molecule has 1 fully saturated rings. The van der Waals surface area contributed by atoms with Gasteiger partial charge in [0.15, 0.2) is 5.54 Å². The Balaban J connectivity index is 2.33. The number of aliphatic carboxylic acids is 1. The predicted octanol–water partition coefficient (Wildman–Crippen LogP) is -4.02. The number of carboxylic acid groups (broad SMARTS) is 1. The fourth-order valence-corrected chi connectivity index (χ4v) is 1.68. The monoisotopic (exact) mass is 196 g/mol. The largest absolute Gasteiger partial charge is 0.547 e. The van der Waals surface area contributed by atoms with Gasteiger partial charge in [-0.25, -0.2) is 0 Å². The van der Waals surface area contributed by atoms with Crippen molar-refractivity contribution in [3.63, 3.8) is 0 Å². The van der Waals surface area contributed by atoms with Gasteiger partial charge in [-0.1, -0.05) is 0 Å². The van der Waals surface area contributed by atoms with E-state index in [4.69, 9.17) is 0 Å². The normalized spacial score (nSPS) is 23.9. The molecule has 0 bridgehead atoms. The average molecular weight is 196 g/mol. The topological polar surface area (TPSA) is 94.1 Å². The van der Waals surface area contributed by atoms with Gasteiger partial charge in [0, 0.05) is 12.2 Å². The van der Waals surface area contributed by atoms with Gasteiger partial charge in [0.2, 0.25) is 0 Å². The number of imide groups is 1. The number of nitrogens with zero attached hydrogens (tertiary/aromatic N) is 1. The lowest BCUT2D eigenvalue weighted by atomic mass is 9.90. The third-order valence-electron chi connectivity index (χ3n) is 2.58. The number of hydrogen-bond donors (Lipinski definition) is 1. The number of amides is 2. The minimum Gasteiger partial charge on any atom is -0.547 e. The molecule has 1 saturated heterocycles. The van der Waals surface area contributed by atoms with E-state index in [2.05, 4.69) is 0 Å². The van der Waals surface area contributed by atoms with Crippen LogP contribution < -0.4 is 10.4 Å². The molecule has 2 rings (SSSR count). The van der Waals surface area contributed by atoms with Crippen LogP contribution in [-0.4, -0.2) is 41.3 Å². The van der Waals surface area contributed by atoms with Crippen LogP contribution in [0.3, 0.4) is 0 Å². The van der Waals surface area contributed by atoms with E-state index in [1.165, 1.54) is 0 Å². The van der Waals surface area contributed by atoms with E-state index in [-0.39, 0.29) is 13.1 Å². The molecule has 0 aromatic heterocycles. The van der Waals surface area contributed by atoms with Crippen LogP contribution in [0.5, 0.6) is 0 Å². The highest BCUT2D eigenvalue weighted by atomic mass is 16.4. The van der Waals surface area contributed by atoms with Gasteiger partial charge in [0.05, 0.1) is 5.97 Å². The Labute approximate surface area is 79.2 Å². The molecular weight excluding hydrogens is 188 g/mol. The summed E-state index contributed by atoms with van der Waals surface area (Å²) in [5.74, 6) is -2.52. The summed E-state index contributed by atoms with van der Waals surface area (Å²) in [4.78, 5) is 34.1. The van der Waals surface area contributed by atoms with Crippen molar-refractivity contribution in [2.24, 2.45) is 0 Å². The van der Waals surface area contributed by atoms with E-state index in [1.54, 1.807) is 5.32 Å². The van der Waals surface area contributed by atoms with Gasteiger partial charge in [-0.3, -0.25) is 14.5 Å².